The maximum atomic E-state index is 13.5. The molecule has 3 aromatic heterocycles. The normalized spacial score (nSPS) is 13.7. The molecule has 4 aromatic rings. The lowest BCUT2D eigenvalue weighted by Gasteiger charge is -2.34. The van der Waals surface area contributed by atoms with E-state index in [0.29, 0.717) is 46.8 Å². The molecule has 0 saturated carbocycles. The zero-order valence-electron chi connectivity index (χ0n) is 19.7. The highest BCUT2D eigenvalue weighted by Crippen LogP contribution is 2.43. The molecule has 4 N–H and O–H groups in total. The molecule has 182 valence electrons. The Balaban J connectivity index is 1.48. The van der Waals surface area contributed by atoms with E-state index in [2.05, 4.69) is 18.0 Å². The van der Waals surface area contributed by atoms with E-state index in [-0.39, 0.29) is 34.6 Å². The van der Waals surface area contributed by atoms with Crippen molar-refractivity contribution in [2.24, 2.45) is 0 Å². The van der Waals surface area contributed by atoms with Gasteiger partial charge in [-0.2, -0.15) is 5.26 Å². The second kappa shape index (κ2) is 9.36. The molecule has 5 rings (SSSR count). The number of nitrogens with two attached hydrogens (primary N) is 2. The first kappa shape index (κ1) is 23.4. The van der Waals surface area contributed by atoms with Gasteiger partial charge < -0.3 is 25.7 Å². The number of pyridine rings is 1. The van der Waals surface area contributed by atoms with Crippen LogP contribution >= 0.6 is 11.3 Å². The molecule has 36 heavy (non-hydrogen) atoms. The van der Waals surface area contributed by atoms with Crippen molar-refractivity contribution in [3.63, 3.8) is 0 Å². The van der Waals surface area contributed by atoms with E-state index in [1.807, 2.05) is 24.3 Å². The Morgan fingerprint density at radius 1 is 1.08 bits per heavy atom. The fourth-order valence-corrected chi connectivity index (χ4v) is 5.53. The molecule has 2 amide bonds. The molecule has 0 unspecified atom stereocenters. The van der Waals surface area contributed by atoms with E-state index in [9.17, 15) is 14.9 Å². The summed E-state index contributed by atoms with van der Waals surface area (Å²) in [4.78, 5) is 34.6. The van der Waals surface area contributed by atoms with Crippen LogP contribution < -0.4 is 11.5 Å². The van der Waals surface area contributed by atoms with Crippen LogP contribution in [0.3, 0.4) is 0 Å². The Hall–Kier alpha value is -4.36. The third kappa shape index (κ3) is 3.93. The predicted molar refractivity (Wildman–Crippen MR) is 138 cm³/mol. The highest BCUT2D eigenvalue weighted by molar-refractivity contribution is 7.21. The Bertz CT molecular complexity index is 1490. The summed E-state index contributed by atoms with van der Waals surface area (Å²) in [6.45, 7) is 3.57. The molecule has 4 heterocycles. The molecule has 0 atom stereocenters. The van der Waals surface area contributed by atoms with Gasteiger partial charge in [-0.15, -0.1) is 11.3 Å². The summed E-state index contributed by atoms with van der Waals surface area (Å²) >= 11 is 1.17. The number of carbonyl (C=O) groups excluding carboxylic acids is 2. The summed E-state index contributed by atoms with van der Waals surface area (Å²) in [5.74, 6) is -0.0502. The molecule has 0 bridgehead atoms. The number of rotatable bonds is 4. The minimum Gasteiger partial charge on any atom is -0.459 e. The Morgan fingerprint density at radius 3 is 2.33 bits per heavy atom. The number of carbonyl (C=O) groups is 2. The van der Waals surface area contributed by atoms with Gasteiger partial charge in [-0.1, -0.05) is 31.2 Å². The van der Waals surface area contributed by atoms with Gasteiger partial charge in [0.2, 0.25) is 0 Å². The van der Waals surface area contributed by atoms with Crippen molar-refractivity contribution in [1.82, 2.24) is 14.8 Å². The van der Waals surface area contributed by atoms with Gasteiger partial charge in [0.25, 0.3) is 11.8 Å². The number of hydrogen-bond donors (Lipinski definition) is 2. The van der Waals surface area contributed by atoms with Gasteiger partial charge in [0.15, 0.2) is 5.76 Å². The quantitative estimate of drug-likeness (QED) is 0.434. The maximum absolute atomic E-state index is 13.5. The van der Waals surface area contributed by atoms with Crippen LogP contribution in [-0.4, -0.2) is 52.8 Å². The third-order valence-electron chi connectivity index (χ3n) is 6.45. The van der Waals surface area contributed by atoms with E-state index < -0.39 is 0 Å². The molecule has 10 heteroatoms. The number of thiophene rings is 1. The van der Waals surface area contributed by atoms with Gasteiger partial charge in [0, 0.05) is 37.1 Å². The van der Waals surface area contributed by atoms with Crippen molar-refractivity contribution >= 4 is 44.9 Å². The number of amides is 2. The number of nitriles is 1. The number of aryl methyl sites for hydroxylation is 1. The average molecular weight is 501 g/mol. The first-order chi connectivity index (χ1) is 17.4. The number of piperazine rings is 1. The molecule has 0 aliphatic carbocycles. The van der Waals surface area contributed by atoms with Crippen molar-refractivity contribution in [3.8, 4) is 17.2 Å². The lowest BCUT2D eigenvalue weighted by molar-refractivity contribution is 0.0521. The van der Waals surface area contributed by atoms with Crippen molar-refractivity contribution in [2.45, 2.75) is 13.3 Å². The van der Waals surface area contributed by atoms with Crippen LogP contribution in [0.15, 0.2) is 47.1 Å². The minimum absolute atomic E-state index is 0.102. The molecule has 1 aliphatic heterocycles. The van der Waals surface area contributed by atoms with Gasteiger partial charge in [-0.05, 0) is 29.7 Å². The summed E-state index contributed by atoms with van der Waals surface area (Å²) in [5.41, 5.74) is 15.8. The lowest BCUT2D eigenvalue weighted by Crippen LogP contribution is -2.50. The monoisotopic (exact) mass is 500 g/mol. The van der Waals surface area contributed by atoms with Gasteiger partial charge in [-0.25, -0.2) is 4.98 Å². The summed E-state index contributed by atoms with van der Waals surface area (Å²) in [6.07, 6.45) is 2.35. The Kier molecular flexibility index (Phi) is 6.08. The minimum atomic E-state index is -0.232. The molecule has 1 saturated heterocycles. The maximum Gasteiger partial charge on any atom is 0.289 e. The van der Waals surface area contributed by atoms with E-state index in [4.69, 9.17) is 15.9 Å². The number of hydrogen-bond acceptors (Lipinski definition) is 8. The number of furan rings is 1. The van der Waals surface area contributed by atoms with Crippen molar-refractivity contribution in [2.75, 3.05) is 37.6 Å². The molecule has 1 aliphatic rings. The van der Waals surface area contributed by atoms with Crippen LogP contribution in [0, 0.1) is 11.3 Å². The van der Waals surface area contributed by atoms with E-state index in [1.165, 1.54) is 17.6 Å². The van der Waals surface area contributed by atoms with Crippen LogP contribution in [0.2, 0.25) is 0 Å². The topological polar surface area (TPSA) is 142 Å². The van der Waals surface area contributed by atoms with Crippen LogP contribution in [-0.2, 0) is 6.42 Å². The number of nitrogen functional groups attached to an aromatic ring is 2. The van der Waals surface area contributed by atoms with Crippen LogP contribution in [0.5, 0.6) is 0 Å². The fraction of sp³-hybridized carbons (Fsp3) is 0.231. The Labute approximate surface area is 211 Å². The zero-order chi connectivity index (χ0) is 25.4. The molecule has 1 aromatic carbocycles. The zero-order valence-corrected chi connectivity index (χ0v) is 20.5. The number of fused-ring (bicyclic) bond motifs is 1. The molecular formula is C26H24N6O3S. The van der Waals surface area contributed by atoms with Gasteiger partial charge in [0.05, 0.1) is 12.0 Å². The van der Waals surface area contributed by atoms with Gasteiger partial charge >= 0.3 is 0 Å². The summed E-state index contributed by atoms with van der Waals surface area (Å²) in [6, 6.07) is 13.3. The lowest BCUT2D eigenvalue weighted by atomic mass is 9.96. The molecule has 9 nitrogen and oxygen atoms in total. The van der Waals surface area contributed by atoms with E-state index >= 15 is 0 Å². The predicted octanol–water partition coefficient (Wildman–Crippen LogP) is 3.75. The molecule has 0 spiro atoms. The number of anilines is 2. The van der Waals surface area contributed by atoms with Crippen LogP contribution in [0.1, 0.15) is 38.3 Å². The summed E-state index contributed by atoms with van der Waals surface area (Å²) in [7, 11) is 0. The SMILES string of the molecule is CCc1ccc(-c2c(C#N)c(N)nc3sc(C(=O)N4CCN(C(=O)c5ccco5)CC4)c(N)c23)cc1. The van der Waals surface area contributed by atoms with Crippen molar-refractivity contribution in [1.29, 1.82) is 5.26 Å². The largest absolute Gasteiger partial charge is 0.459 e. The van der Waals surface area contributed by atoms with E-state index in [0.717, 1.165) is 17.5 Å². The Morgan fingerprint density at radius 2 is 1.75 bits per heavy atom. The molecular weight excluding hydrogens is 476 g/mol. The standard InChI is InChI=1S/C26H24N6O3S/c1-2-15-5-7-16(8-6-15)19-17(14-27)23(29)30-24-20(19)21(28)22(36-24)26(34)32-11-9-31(10-12-32)25(33)18-4-3-13-35-18/h3-8,13H,2,9-12,28H2,1H3,(H2,29,30). The second-order valence-corrected chi connectivity index (χ2v) is 9.50. The van der Waals surface area contributed by atoms with Crippen molar-refractivity contribution < 1.29 is 14.0 Å². The van der Waals surface area contributed by atoms with Gasteiger partial charge in [0.1, 0.15) is 27.2 Å². The first-order valence-corrected chi connectivity index (χ1v) is 12.4. The molecule has 1 fully saturated rings. The van der Waals surface area contributed by atoms with Crippen LogP contribution in [0.25, 0.3) is 21.3 Å². The number of nitrogens with zero attached hydrogens (tertiary/aromatic N) is 4. The molecule has 0 radical (unpaired) electrons. The highest BCUT2D eigenvalue weighted by atomic mass is 32.1. The van der Waals surface area contributed by atoms with Crippen molar-refractivity contribution in [3.05, 3.63) is 64.4 Å². The second-order valence-electron chi connectivity index (χ2n) is 8.50. The van der Waals surface area contributed by atoms with Gasteiger partial charge in [-0.3, -0.25) is 9.59 Å². The fourth-order valence-electron chi connectivity index (χ4n) is 4.45. The van der Waals surface area contributed by atoms with E-state index in [1.54, 1.807) is 21.9 Å². The number of benzene rings is 1. The average Bonchev–Trinajstić information content (AvgIpc) is 3.56. The number of aromatic nitrogens is 1. The summed E-state index contributed by atoms with van der Waals surface area (Å²) < 4.78 is 5.20. The summed E-state index contributed by atoms with van der Waals surface area (Å²) in [5, 5.41) is 10.4. The van der Waals surface area contributed by atoms with Crippen LogP contribution in [0.4, 0.5) is 11.5 Å². The third-order valence-corrected chi connectivity index (χ3v) is 7.54. The highest BCUT2D eigenvalue weighted by Gasteiger charge is 2.30. The smallest absolute Gasteiger partial charge is 0.289 e. The first-order valence-electron chi connectivity index (χ1n) is 11.6.